The molecule has 3 rings (SSSR count). The van der Waals surface area contributed by atoms with Crippen LogP contribution in [0.1, 0.15) is 45.4 Å². The number of H-pyrrole nitrogens is 1. The highest BCUT2D eigenvalue weighted by Gasteiger charge is 2.34. The van der Waals surface area contributed by atoms with E-state index >= 15 is 0 Å². The molecule has 0 aliphatic rings. The zero-order chi connectivity index (χ0) is 24.9. The molecule has 0 aliphatic heterocycles. The minimum Gasteiger partial charge on any atom is -0.462 e. The van der Waals surface area contributed by atoms with Crippen LogP contribution in [0, 0.1) is 13.8 Å². The second kappa shape index (κ2) is 10.5. The molecule has 2 N–H and O–H groups in total. The number of aromatic nitrogens is 1. The summed E-state index contributed by atoms with van der Waals surface area (Å²) in [7, 11) is 0. The molecule has 0 spiro atoms. The Morgan fingerprint density at radius 1 is 1.00 bits per heavy atom. The predicted molar refractivity (Wildman–Crippen MR) is 122 cm³/mol. The third-order valence-corrected chi connectivity index (χ3v) is 5.35. The molecule has 3 aromatic rings. The van der Waals surface area contributed by atoms with Crippen LogP contribution >= 0.6 is 0 Å². The van der Waals surface area contributed by atoms with Gasteiger partial charge in [0.15, 0.2) is 0 Å². The lowest BCUT2D eigenvalue weighted by atomic mass is 10.1. The second-order valence-electron chi connectivity index (χ2n) is 7.76. The Morgan fingerprint density at radius 2 is 1.65 bits per heavy atom. The topological polar surface area (TPSA) is 74.4 Å². The van der Waals surface area contributed by atoms with Crippen LogP contribution < -0.4 is 5.32 Å². The Hall–Kier alpha value is -3.75. The lowest BCUT2D eigenvalue weighted by Gasteiger charge is -2.24. The molecule has 2 aromatic carbocycles. The molecule has 0 aliphatic carbocycles. The minimum atomic E-state index is -4.62. The fraction of sp³-hybridized carbons (Fsp3) is 0.280. The van der Waals surface area contributed by atoms with E-state index in [2.05, 4.69) is 10.3 Å². The Balaban J connectivity index is 1.92. The first kappa shape index (κ1) is 24.9. The highest BCUT2D eigenvalue weighted by Crippen LogP contribution is 2.34. The SMILES string of the molecule is CCOC(=O)c1c(C)[nH]c(CN(Cc2ccccc2)C(=O)Nc2ccccc2C(F)(F)F)c1C. The summed E-state index contributed by atoms with van der Waals surface area (Å²) < 4.78 is 45.4. The van der Waals surface area contributed by atoms with Crippen LogP contribution in [-0.2, 0) is 24.0 Å². The zero-order valence-electron chi connectivity index (χ0n) is 19.1. The van der Waals surface area contributed by atoms with Crippen LogP contribution in [0.3, 0.4) is 0 Å². The van der Waals surface area contributed by atoms with Gasteiger partial charge in [0.2, 0.25) is 0 Å². The number of nitrogens with one attached hydrogen (secondary N) is 2. The maximum Gasteiger partial charge on any atom is 0.418 e. The second-order valence-corrected chi connectivity index (χ2v) is 7.76. The van der Waals surface area contributed by atoms with Gasteiger partial charge in [-0.1, -0.05) is 42.5 Å². The number of halogens is 3. The quantitative estimate of drug-likeness (QED) is 0.410. The first-order chi connectivity index (χ1) is 16.1. The highest BCUT2D eigenvalue weighted by molar-refractivity contribution is 5.93. The predicted octanol–water partition coefficient (Wildman–Crippen LogP) is 6.06. The van der Waals surface area contributed by atoms with E-state index in [0.29, 0.717) is 22.5 Å². The molecule has 2 amide bonds. The van der Waals surface area contributed by atoms with Crippen molar-refractivity contribution in [1.29, 1.82) is 0 Å². The van der Waals surface area contributed by atoms with Crippen LogP contribution in [0.4, 0.5) is 23.7 Å². The van der Waals surface area contributed by atoms with E-state index in [1.54, 1.807) is 20.8 Å². The van der Waals surface area contributed by atoms with Crippen LogP contribution in [0.15, 0.2) is 54.6 Å². The lowest BCUT2D eigenvalue weighted by molar-refractivity contribution is -0.136. The maximum absolute atomic E-state index is 13.4. The van der Waals surface area contributed by atoms with Gasteiger partial charge in [-0.25, -0.2) is 9.59 Å². The van der Waals surface area contributed by atoms with Crippen LogP contribution in [0.5, 0.6) is 0 Å². The summed E-state index contributed by atoms with van der Waals surface area (Å²) in [5, 5.41) is 2.40. The summed E-state index contributed by atoms with van der Waals surface area (Å²) >= 11 is 0. The smallest absolute Gasteiger partial charge is 0.418 e. The molecule has 6 nitrogen and oxygen atoms in total. The van der Waals surface area contributed by atoms with Crippen LogP contribution in [0.25, 0.3) is 0 Å². The van der Waals surface area contributed by atoms with E-state index in [4.69, 9.17) is 4.74 Å². The Bertz CT molecular complexity index is 1160. The summed E-state index contributed by atoms with van der Waals surface area (Å²) in [5.74, 6) is -0.474. The molecule has 0 saturated carbocycles. The molecule has 0 saturated heterocycles. The van der Waals surface area contributed by atoms with Crippen molar-refractivity contribution in [1.82, 2.24) is 9.88 Å². The van der Waals surface area contributed by atoms with E-state index in [-0.39, 0.29) is 25.4 Å². The fourth-order valence-corrected chi connectivity index (χ4v) is 3.71. The largest absolute Gasteiger partial charge is 0.462 e. The molecular formula is C25H26F3N3O3. The van der Waals surface area contributed by atoms with Crippen molar-refractivity contribution in [3.8, 4) is 0 Å². The normalized spacial score (nSPS) is 11.2. The molecule has 34 heavy (non-hydrogen) atoms. The molecule has 0 fully saturated rings. The Morgan fingerprint density at radius 3 is 2.29 bits per heavy atom. The highest BCUT2D eigenvalue weighted by atomic mass is 19.4. The summed E-state index contributed by atoms with van der Waals surface area (Å²) in [6.45, 7) is 5.58. The zero-order valence-corrected chi connectivity index (χ0v) is 19.1. The van der Waals surface area contributed by atoms with Crippen molar-refractivity contribution in [2.45, 2.75) is 40.0 Å². The van der Waals surface area contributed by atoms with Crippen molar-refractivity contribution in [2.24, 2.45) is 0 Å². The van der Waals surface area contributed by atoms with Gasteiger partial charge in [0.1, 0.15) is 0 Å². The van der Waals surface area contributed by atoms with Gasteiger partial charge in [-0.3, -0.25) is 0 Å². The number of rotatable bonds is 7. The van der Waals surface area contributed by atoms with Gasteiger partial charge in [0.05, 0.1) is 30.0 Å². The Kier molecular flexibility index (Phi) is 7.65. The number of hydrogen-bond donors (Lipinski definition) is 2. The number of esters is 1. The van der Waals surface area contributed by atoms with Gasteiger partial charge in [-0.05, 0) is 44.0 Å². The van der Waals surface area contributed by atoms with Gasteiger partial charge in [-0.15, -0.1) is 0 Å². The molecule has 1 heterocycles. The molecule has 1 aromatic heterocycles. The number of para-hydroxylation sites is 1. The number of aryl methyl sites for hydroxylation is 1. The minimum absolute atomic E-state index is 0.0426. The average Bonchev–Trinajstić information content (AvgIpc) is 3.06. The fourth-order valence-electron chi connectivity index (χ4n) is 3.71. The lowest BCUT2D eigenvalue weighted by Crippen LogP contribution is -2.35. The van der Waals surface area contributed by atoms with Crippen molar-refractivity contribution in [3.05, 3.63) is 88.2 Å². The molecule has 0 radical (unpaired) electrons. The van der Waals surface area contributed by atoms with Crippen molar-refractivity contribution >= 4 is 17.7 Å². The molecule has 9 heteroatoms. The first-order valence-corrected chi connectivity index (χ1v) is 10.7. The first-order valence-electron chi connectivity index (χ1n) is 10.7. The molecule has 0 unspecified atom stereocenters. The monoisotopic (exact) mass is 473 g/mol. The number of anilines is 1. The summed E-state index contributed by atoms with van der Waals surface area (Å²) in [5.41, 5.74) is 1.73. The summed E-state index contributed by atoms with van der Waals surface area (Å²) in [6, 6.07) is 13.2. The number of urea groups is 1. The van der Waals surface area contributed by atoms with Crippen molar-refractivity contribution < 1.29 is 27.5 Å². The van der Waals surface area contributed by atoms with E-state index in [1.165, 1.54) is 23.1 Å². The van der Waals surface area contributed by atoms with Gasteiger partial charge in [-0.2, -0.15) is 13.2 Å². The number of hydrogen-bond acceptors (Lipinski definition) is 3. The summed E-state index contributed by atoms with van der Waals surface area (Å²) in [4.78, 5) is 30.0. The molecule has 0 bridgehead atoms. The van der Waals surface area contributed by atoms with Crippen molar-refractivity contribution in [3.63, 3.8) is 0 Å². The molecular weight excluding hydrogens is 447 g/mol. The average molecular weight is 473 g/mol. The number of alkyl halides is 3. The van der Waals surface area contributed by atoms with E-state index in [1.807, 2.05) is 30.3 Å². The number of ether oxygens (including phenoxy) is 1. The molecule has 180 valence electrons. The number of benzene rings is 2. The van der Waals surface area contributed by atoms with E-state index < -0.39 is 23.7 Å². The third kappa shape index (κ3) is 5.78. The van der Waals surface area contributed by atoms with E-state index in [0.717, 1.165) is 11.6 Å². The third-order valence-electron chi connectivity index (χ3n) is 5.35. The maximum atomic E-state index is 13.4. The standard InChI is InChI=1S/C25H26F3N3O3/c1-4-34-23(32)22-16(2)21(29-17(22)3)15-31(14-18-10-6-5-7-11-18)24(33)30-20-13-9-8-12-19(20)25(26,27)28/h5-13,29H,4,14-15H2,1-3H3,(H,30,33). The van der Waals surface area contributed by atoms with Gasteiger partial charge >= 0.3 is 18.2 Å². The summed E-state index contributed by atoms with van der Waals surface area (Å²) in [6.07, 6.45) is -4.62. The van der Waals surface area contributed by atoms with Gasteiger partial charge in [0, 0.05) is 17.9 Å². The van der Waals surface area contributed by atoms with E-state index in [9.17, 15) is 22.8 Å². The van der Waals surface area contributed by atoms with Crippen LogP contribution in [-0.4, -0.2) is 28.5 Å². The number of carbonyl (C=O) groups is 2. The number of carbonyl (C=O) groups excluding carboxylic acids is 2. The van der Waals surface area contributed by atoms with Crippen LogP contribution in [0.2, 0.25) is 0 Å². The Labute approximate surface area is 195 Å². The van der Waals surface area contributed by atoms with Crippen molar-refractivity contribution in [2.75, 3.05) is 11.9 Å². The number of aromatic amines is 1. The van der Waals surface area contributed by atoms with Gasteiger partial charge < -0.3 is 19.9 Å². The molecule has 0 atom stereocenters. The number of amides is 2. The van der Waals surface area contributed by atoms with Gasteiger partial charge in [0.25, 0.3) is 0 Å². The number of nitrogens with zero attached hydrogens (tertiary/aromatic N) is 1.